The maximum absolute atomic E-state index is 10.7. The molecular weight excluding hydrogens is 204 g/mol. The van der Waals surface area contributed by atoms with E-state index in [9.17, 15) is 4.79 Å². The smallest absolute Gasteiger partial charge is 0.355 e. The molecule has 0 radical (unpaired) electrons. The highest BCUT2D eigenvalue weighted by Crippen LogP contribution is 2.13. The number of aromatic nitrogens is 1. The fourth-order valence-corrected chi connectivity index (χ4v) is 1.03. The number of carboxylic acid groups (broad SMARTS) is 1. The third-order valence-electron chi connectivity index (χ3n) is 1.43. The van der Waals surface area contributed by atoms with Gasteiger partial charge in [0.1, 0.15) is 5.15 Å². The van der Waals surface area contributed by atoms with Crippen molar-refractivity contribution in [3.63, 3.8) is 0 Å². The molecule has 0 aliphatic rings. The van der Waals surface area contributed by atoms with Crippen LogP contribution in [0, 0.1) is 11.3 Å². The number of allylic oxidation sites excluding steroid dienone is 1. The molecule has 0 amide bonds. The van der Waals surface area contributed by atoms with Gasteiger partial charge in [0.15, 0.2) is 5.69 Å². The second kappa shape index (κ2) is 4.40. The van der Waals surface area contributed by atoms with Gasteiger partial charge in [-0.3, -0.25) is 0 Å². The molecule has 0 aliphatic carbocycles. The number of hydrogen-bond acceptors (Lipinski definition) is 3. The van der Waals surface area contributed by atoms with Crippen molar-refractivity contribution in [1.82, 2.24) is 4.98 Å². The summed E-state index contributed by atoms with van der Waals surface area (Å²) in [5, 5.41) is 17.1. The number of aromatic carboxylic acids is 1. The molecule has 0 aromatic carbocycles. The Bertz CT molecular complexity index is 435. The van der Waals surface area contributed by atoms with Gasteiger partial charge in [0.2, 0.25) is 0 Å². The highest BCUT2D eigenvalue weighted by molar-refractivity contribution is 6.29. The van der Waals surface area contributed by atoms with Crippen molar-refractivity contribution in [2.45, 2.75) is 0 Å². The first-order valence-corrected chi connectivity index (χ1v) is 3.99. The molecule has 1 heterocycles. The van der Waals surface area contributed by atoms with Gasteiger partial charge < -0.3 is 5.11 Å². The molecule has 1 rings (SSSR count). The zero-order valence-electron chi connectivity index (χ0n) is 6.94. The highest BCUT2D eigenvalue weighted by Gasteiger charge is 2.09. The minimum atomic E-state index is -1.18. The first kappa shape index (κ1) is 10.2. The molecule has 5 heteroatoms. The monoisotopic (exact) mass is 208 g/mol. The Kier molecular flexibility index (Phi) is 3.21. The van der Waals surface area contributed by atoms with Crippen LogP contribution in [0.3, 0.4) is 0 Å². The van der Waals surface area contributed by atoms with Crippen molar-refractivity contribution >= 4 is 23.6 Å². The topological polar surface area (TPSA) is 74.0 Å². The van der Waals surface area contributed by atoms with Crippen LogP contribution in [0.25, 0.3) is 6.08 Å². The van der Waals surface area contributed by atoms with Gasteiger partial charge in [-0.15, -0.1) is 0 Å². The second-order valence-electron chi connectivity index (χ2n) is 2.34. The lowest BCUT2D eigenvalue weighted by atomic mass is 10.2. The molecule has 0 unspecified atom stereocenters. The van der Waals surface area contributed by atoms with E-state index in [0.29, 0.717) is 5.56 Å². The Morgan fingerprint density at radius 3 is 2.93 bits per heavy atom. The Morgan fingerprint density at radius 1 is 1.64 bits per heavy atom. The predicted octanol–water partition coefficient (Wildman–Crippen LogP) is 1.97. The molecule has 0 spiro atoms. The Balaban J connectivity index is 3.23. The molecule has 70 valence electrons. The van der Waals surface area contributed by atoms with Crippen LogP contribution >= 0.6 is 11.6 Å². The lowest BCUT2D eigenvalue weighted by Gasteiger charge is -1.99. The van der Waals surface area contributed by atoms with Crippen molar-refractivity contribution in [2.75, 3.05) is 0 Å². The van der Waals surface area contributed by atoms with E-state index >= 15 is 0 Å². The number of carboxylic acids is 1. The third kappa shape index (κ3) is 2.31. The molecule has 14 heavy (non-hydrogen) atoms. The number of nitriles is 1. The summed E-state index contributed by atoms with van der Waals surface area (Å²) < 4.78 is 0. The van der Waals surface area contributed by atoms with Crippen LogP contribution in [0.15, 0.2) is 18.2 Å². The van der Waals surface area contributed by atoms with Crippen LogP contribution in [0.2, 0.25) is 5.15 Å². The molecule has 0 saturated carbocycles. The van der Waals surface area contributed by atoms with E-state index < -0.39 is 5.97 Å². The lowest BCUT2D eigenvalue weighted by Crippen LogP contribution is -2.03. The Labute approximate surface area is 85.1 Å². The van der Waals surface area contributed by atoms with Gasteiger partial charge >= 0.3 is 5.97 Å². The van der Waals surface area contributed by atoms with E-state index in [1.807, 2.05) is 0 Å². The number of pyridine rings is 1. The first-order valence-electron chi connectivity index (χ1n) is 3.61. The minimum Gasteiger partial charge on any atom is -0.476 e. The minimum absolute atomic E-state index is 0.108. The van der Waals surface area contributed by atoms with Crippen molar-refractivity contribution in [1.29, 1.82) is 5.26 Å². The number of halogens is 1. The van der Waals surface area contributed by atoms with Crippen molar-refractivity contribution in [2.24, 2.45) is 0 Å². The lowest BCUT2D eigenvalue weighted by molar-refractivity contribution is 0.0690. The number of nitrogens with zero attached hydrogens (tertiary/aromatic N) is 2. The van der Waals surface area contributed by atoms with E-state index in [2.05, 4.69) is 4.98 Å². The maximum atomic E-state index is 10.7. The maximum Gasteiger partial charge on any atom is 0.355 e. The van der Waals surface area contributed by atoms with Crippen LogP contribution in [0.1, 0.15) is 16.1 Å². The van der Waals surface area contributed by atoms with Crippen molar-refractivity contribution in [3.05, 3.63) is 34.6 Å². The molecule has 1 N–H and O–H groups in total. The molecule has 0 aliphatic heterocycles. The fraction of sp³-hybridized carbons (Fsp3) is 0. The largest absolute Gasteiger partial charge is 0.476 e. The van der Waals surface area contributed by atoms with Gasteiger partial charge in [-0.25, -0.2) is 9.78 Å². The van der Waals surface area contributed by atoms with Gasteiger partial charge in [-0.1, -0.05) is 11.6 Å². The number of rotatable bonds is 2. The standard InChI is InChI=1S/C9H5ClN2O2/c10-7-4-3-6(2-1-5-11)8(12-7)9(13)14/h1-4H,(H,13,14). The summed E-state index contributed by atoms with van der Waals surface area (Å²) in [5.74, 6) is -1.18. The third-order valence-corrected chi connectivity index (χ3v) is 1.64. The zero-order valence-corrected chi connectivity index (χ0v) is 7.69. The molecule has 0 saturated heterocycles. The van der Waals surface area contributed by atoms with Gasteiger partial charge in [0, 0.05) is 11.6 Å². The summed E-state index contributed by atoms with van der Waals surface area (Å²) in [7, 11) is 0. The quantitative estimate of drug-likeness (QED) is 0.596. The van der Waals surface area contributed by atoms with Crippen LogP contribution in [-0.4, -0.2) is 16.1 Å². The Morgan fingerprint density at radius 2 is 2.36 bits per heavy atom. The van der Waals surface area contributed by atoms with Gasteiger partial charge in [-0.2, -0.15) is 5.26 Å². The van der Waals surface area contributed by atoms with E-state index in [1.165, 1.54) is 24.3 Å². The van der Waals surface area contributed by atoms with Crippen LogP contribution in [-0.2, 0) is 0 Å². The van der Waals surface area contributed by atoms with Crippen LogP contribution in [0.5, 0.6) is 0 Å². The summed E-state index contributed by atoms with van der Waals surface area (Å²) in [4.78, 5) is 14.3. The average Bonchev–Trinajstić information content (AvgIpc) is 2.15. The fourth-order valence-electron chi connectivity index (χ4n) is 0.879. The van der Waals surface area contributed by atoms with Gasteiger partial charge in [0.25, 0.3) is 0 Å². The summed E-state index contributed by atoms with van der Waals surface area (Å²) >= 11 is 5.53. The first-order chi connectivity index (χ1) is 6.65. The Hall–Kier alpha value is -1.86. The molecule has 0 fully saturated rings. The van der Waals surface area contributed by atoms with Crippen LogP contribution < -0.4 is 0 Å². The van der Waals surface area contributed by atoms with E-state index in [1.54, 1.807) is 6.07 Å². The zero-order chi connectivity index (χ0) is 10.6. The molecule has 1 aromatic rings. The average molecular weight is 209 g/mol. The van der Waals surface area contributed by atoms with Gasteiger partial charge in [-0.05, 0) is 18.2 Å². The summed E-state index contributed by atoms with van der Waals surface area (Å²) in [5.41, 5.74) is 0.187. The van der Waals surface area contributed by atoms with Crippen molar-refractivity contribution in [3.8, 4) is 6.07 Å². The second-order valence-corrected chi connectivity index (χ2v) is 2.73. The predicted molar refractivity (Wildman–Crippen MR) is 50.9 cm³/mol. The van der Waals surface area contributed by atoms with E-state index in [4.69, 9.17) is 22.0 Å². The summed E-state index contributed by atoms with van der Waals surface area (Å²) in [6.07, 6.45) is 2.55. The SMILES string of the molecule is N#CC=Cc1ccc(Cl)nc1C(=O)O. The van der Waals surface area contributed by atoms with Crippen LogP contribution in [0.4, 0.5) is 0 Å². The number of carbonyl (C=O) groups is 1. The summed E-state index contributed by atoms with van der Waals surface area (Å²) in [6, 6.07) is 4.72. The number of hydrogen-bond donors (Lipinski definition) is 1. The summed E-state index contributed by atoms with van der Waals surface area (Å²) in [6.45, 7) is 0. The normalized spacial score (nSPS) is 10.0. The molecule has 0 bridgehead atoms. The van der Waals surface area contributed by atoms with E-state index in [0.717, 1.165) is 0 Å². The van der Waals surface area contributed by atoms with E-state index in [-0.39, 0.29) is 10.8 Å². The molecule has 1 aromatic heterocycles. The molecule has 4 nitrogen and oxygen atoms in total. The molecular formula is C9H5ClN2O2. The van der Waals surface area contributed by atoms with Crippen molar-refractivity contribution < 1.29 is 9.90 Å². The molecule has 0 atom stereocenters. The van der Waals surface area contributed by atoms with Gasteiger partial charge in [0.05, 0.1) is 6.07 Å². The highest BCUT2D eigenvalue weighted by atomic mass is 35.5.